The molecule has 0 amide bonds. The Morgan fingerprint density at radius 1 is 0.529 bits per heavy atom. The van der Waals surface area contributed by atoms with E-state index < -0.39 is 0 Å². The number of rotatable bonds is 3. The molecule has 34 heavy (non-hydrogen) atoms. The van der Waals surface area contributed by atoms with Crippen LogP contribution in [0.1, 0.15) is 25.0 Å². The maximum absolute atomic E-state index is 6.43. The van der Waals surface area contributed by atoms with Crippen molar-refractivity contribution in [1.82, 2.24) is 15.0 Å². The summed E-state index contributed by atoms with van der Waals surface area (Å²) in [6.45, 7) is 4.53. The van der Waals surface area contributed by atoms with E-state index in [9.17, 15) is 0 Å². The second-order valence-electron chi connectivity index (χ2n) is 9.09. The van der Waals surface area contributed by atoms with E-state index in [2.05, 4.69) is 84.5 Å². The van der Waals surface area contributed by atoms with Crippen LogP contribution >= 0.6 is 11.6 Å². The lowest BCUT2D eigenvalue weighted by molar-refractivity contribution is 0.660. The van der Waals surface area contributed by atoms with Gasteiger partial charge in [-0.2, -0.15) is 9.97 Å². The summed E-state index contributed by atoms with van der Waals surface area (Å²) >= 11 is 6.43. The standard InChI is InChI=1S/C30H22ClN3/c1-30(2)25-15-9-8-13-22(25)23-17-16-20(18-26(23)30)27-32-28(34-29(31)33-27)24-14-7-6-12-21(24)19-10-4-3-5-11-19/h3-18H,1-2H3. The second-order valence-corrected chi connectivity index (χ2v) is 9.43. The van der Waals surface area contributed by atoms with Crippen molar-refractivity contribution in [3.8, 4) is 45.0 Å². The molecule has 1 aromatic heterocycles. The molecule has 0 spiro atoms. The molecular formula is C30H22ClN3. The lowest BCUT2D eigenvalue weighted by Gasteiger charge is -2.21. The molecule has 0 bridgehead atoms. The van der Waals surface area contributed by atoms with E-state index in [1.165, 1.54) is 22.3 Å². The van der Waals surface area contributed by atoms with E-state index in [0.29, 0.717) is 11.6 Å². The Hall–Kier alpha value is -3.82. The lowest BCUT2D eigenvalue weighted by Crippen LogP contribution is -2.15. The van der Waals surface area contributed by atoms with Crippen molar-refractivity contribution in [2.45, 2.75) is 19.3 Å². The van der Waals surface area contributed by atoms with Crippen LogP contribution in [-0.2, 0) is 5.41 Å². The number of hydrogen-bond donors (Lipinski definition) is 0. The van der Waals surface area contributed by atoms with Crippen molar-refractivity contribution >= 4 is 11.6 Å². The van der Waals surface area contributed by atoms with E-state index in [1.54, 1.807) is 0 Å². The molecule has 0 atom stereocenters. The summed E-state index contributed by atoms with van der Waals surface area (Å²) in [5, 5.41) is 0.186. The summed E-state index contributed by atoms with van der Waals surface area (Å²) < 4.78 is 0. The Bertz CT molecular complexity index is 1540. The van der Waals surface area contributed by atoms with Crippen LogP contribution in [-0.4, -0.2) is 15.0 Å². The van der Waals surface area contributed by atoms with Crippen LogP contribution in [0.4, 0.5) is 0 Å². The van der Waals surface area contributed by atoms with Crippen LogP contribution < -0.4 is 0 Å². The van der Waals surface area contributed by atoms with Gasteiger partial charge in [0.05, 0.1) is 0 Å². The van der Waals surface area contributed by atoms with Crippen LogP contribution in [0, 0.1) is 0 Å². The first-order valence-electron chi connectivity index (χ1n) is 11.3. The number of halogens is 1. The molecular weight excluding hydrogens is 438 g/mol. The molecule has 1 aliphatic rings. The van der Waals surface area contributed by atoms with Gasteiger partial charge in [0.2, 0.25) is 5.28 Å². The summed E-state index contributed by atoms with van der Waals surface area (Å²) in [4.78, 5) is 13.9. The van der Waals surface area contributed by atoms with Crippen molar-refractivity contribution < 1.29 is 0 Å². The normalized spacial score (nSPS) is 13.4. The maximum Gasteiger partial charge on any atom is 0.226 e. The predicted molar refractivity (Wildman–Crippen MR) is 139 cm³/mol. The zero-order valence-electron chi connectivity index (χ0n) is 19.0. The highest BCUT2D eigenvalue weighted by molar-refractivity contribution is 6.28. The van der Waals surface area contributed by atoms with Crippen molar-refractivity contribution in [1.29, 1.82) is 0 Å². The molecule has 0 radical (unpaired) electrons. The van der Waals surface area contributed by atoms with Crippen LogP contribution in [0.3, 0.4) is 0 Å². The highest BCUT2D eigenvalue weighted by Crippen LogP contribution is 2.49. The maximum atomic E-state index is 6.43. The fourth-order valence-corrected chi connectivity index (χ4v) is 5.15. The van der Waals surface area contributed by atoms with Gasteiger partial charge in [0.25, 0.3) is 0 Å². The van der Waals surface area contributed by atoms with E-state index in [-0.39, 0.29) is 10.7 Å². The van der Waals surface area contributed by atoms with E-state index >= 15 is 0 Å². The van der Waals surface area contributed by atoms with E-state index in [0.717, 1.165) is 22.3 Å². The van der Waals surface area contributed by atoms with Gasteiger partial charge in [0.1, 0.15) is 0 Å². The highest BCUT2D eigenvalue weighted by Gasteiger charge is 2.35. The summed E-state index contributed by atoms with van der Waals surface area (Å²) in [6, 6.07) is 33.4. The van der Waals surface area contributed by atoms with Gasteiger partial charge in [-0.15, -0.1) is 0 Å². The number of fused-ring (bicyclic) bond motifs is 3. The molecule has 1 heterocycles. The van der Waals surface area contributed by atoms with Gasteiger partial charge in [-0.3, -0.25) is 0 Å². The minimum Gasteiger partial charge on any atom is -0.208 e. The first-order valence-corrected chi connectivity index (χ1v) is 11.7. The topological polar surface area (TPSA) is 38.7 Å². The number of hydrogen-bond acceptors (Lipinski definition) is 3. The molecule has 6 rings (SSSR count). The van der Waals surface area contributed by atoms with Crippen molar-refractivity contribution in [2.75, 3.05) is 0 Å². The molecule has 0 saturated heterocycles. The zero-order chi connectivity index (χ0) is 23.3. The molecule has 0 saturated carbocycles. The largest absolute Gasteiger partial charge is 0.226 e. The third-order valence-corrected chi connectivity index (χ3v) is 6.87. The molecule has 0 fully saturated rings. The molecule has 5 aromatic rings. The van der Waals surface area contributed by atoms with Crippen molar-refractivity contribution in [3.05, 3.63) is 113 Å². The van der Waals surface area contributed by atoms with Gasteiger partial charge in [0, 0.05) is 16.5 Å². The molecule has 0 aliphatic heterocycles. The summed E-state index contributed by atoms with van der Waals surface area (Å²) in [6.07, 6.45) is 0. The monoisotopic (exact) mass is 459 g/mol. The average Bonchev–Trinajstić information content (AvgIpc) is 3.11. The number of nitrogens with zero attached hydrogens (tertiary/aromatic N) is 3. The van der Waals surface area contributed by atoms with Gasteiger partial charge in [-0.1, -0.05) is 105 Å². The lowest BCUT2D eigenvalue weighted by atomic mass is 9.82. The molecule has 4 heteroatoms. The fourth-order valence-electron chi connectivity index (χ4n) is 4.99. The van der Waals surface area contributed by atoms with Crippen LogP contribution in [0.15, 0.2) is 97.1 Å². The number of benzene rings is 4. The van der Waals surface area contributed by atoms with Gasteiger partial charge in [0.15, 0.2) is 11.6 Å². The van der Waals surface area contributed by atoms with Gasteiger partial charge < -0.3 is 0 Å². The Labute approximate surface area is 204 Å². The molecule has 164 valence electrons. The van der Waals surface area contributed by atoms with Gasteiger partial charge >= 0.3 is 0 Å². The van der Waals surface area contributed by atoms with Gasteiger partial charge in [-0.05, 0) is 51.0 Å². The molecule has 4 aromatic carbocycles. The smallest absolute Gasteiger partial charge is 0.208 e. The fraction of sp³-hybridized carbons (Fsp3) is 0.100. The first kappa shape index (κ1) is 20.8. The Balaban J connectivity index is 1.48. The third kappa shape index (κ3) is 3.32. The zero-order valence-corrected chi connectivity index (χ0v) is 19.7. The average molecular weight is 460 g/mol. The Morgan fingerprint density at radius 2 is 1.15 bits per heavy atom. The van der Waals surface area contributed by atoms with Crippen LogP contribution in [0.2, 0.25) is 5.28 Å². The summed E-state index contributed by atoms with van der Waals surface area (Å²) in [5.41, 5.74) is 9.09. The van der Waals surface area contributed by atoms with Crippen molar-refractivity contribution in [2.24, 2.45) is 0 Å². The Morgan fingerprint density at radius 3 is 1.94 bits per heavy atom. The first-order chi connectivity index (χ1) is 16.5. The molecule has 3 nitrogen and oxygen atoms in total. The van der Waals surface area contributed by atoms with Crippen molar-refractivity contribution in [3.63, 3.8) is 0 Å². The molecule has 1 aliphatic carbocycles. The quantitative estimate of drug-likeness (QED) is 0.276. The van der Waals surface area contributed by atoms with E-state index in [4.69, 9.17) is 16.6 Å². The predicted octanol–water partition coefficient (Wildman–Crippen LogP) is 7.83. The highest BCUT2D eigenvalue weighted by atomic mass is 35.5. The SMILES string of the molecule is CC1(C)c2ccccc2-c2ccc(-c3nc(Cl)nc(-c4ccccc4-c4ccccc4)n3)cc21. The summed E-state index contributed by atoms with van der Waals surface area (Å²) in [7, 11) is 0. The minimum atomic E-state index is -0.0957. The van der Waals surface area contributed by atoms with E-state index in [1.807, 2.05) is 36.4 Å². The third-order valence-electron chi connectivity index (χ3n) is 6.70. The number of aromatic nitrogens is 3. The second kappa shape index (κ2) is 7.89. The van der Waals surface area contributed by atoms with Crippen LogP contribution in [0.25, 0.3) is 45.0 Å². The van der Waals surface area contributed by atoms with Crippen LogP contribution in [0.5, 0.6) is 0 Å². The minimum absolute atomic E-state index is 0.0957. The Kier molecular flexibility index (Phi) is 4.82. The summed E-state index contributed by atoms with van der Waals surface area (Å²) in [5.74, 6) is 1.14. The molecule has 0 unspecified atom stereocenters. The van der Waals surface area contributed by atoms with Gasteiger partial charge in [-0.25, -0.2) is 4.98 Å². The molecule has 0 N–H and O–H groups in total.